The second-order valence-corrected chi connectivity index (χ2v) is 5.97. The van der Waals surface area contributed by atoms with Crippen LogP contribution < -0.4 is 11.1 Å². The van der Waals surface area contributed by atoms with Gasteiger partial charge in [0.1, 0.15) is 0 Å². The lowest BCUT2D eigenvalue weighted by Gasteiger charge is -2.47. The van der Waals surface area contributed by atoms with Gasteiger partial charge in [-0.15, -0.1) is 0 Å². The molecule has 0 unspecified atom stereocenters. The SMILES string of the molecule is CN(C)C1(CNc2ccc(Br)cc2N)CCC1. The van der Waals surface area contributed by atoms with E-state index in [0.29, 0.717) is 5.54 Å². The Balaban J connectivity index is 2.02. The number of halogens is 1. The van der Waals surface area contributed by atoms with Gasteiger partial charge in [0.15, 0.2) is 0 Å². The summed E-state index contributed by atoms with van der Waals surface area (Å²) in [6, 6.07) is 5.98. The molecule has 0 radical (unpaired) electrons. The van der Waals surface area contributed by atoms with Crippen LogP contribution in [0, 0.1) is 0 Å². The Bertz CT molecular complexity index is 400. The van der Waals surface area contributed by atoms with Crippen LogP contribution in [0.5, 0.6) is 0 Å². The quantitative estimate of drug-likeness (QED) is 0.840. The molecular formula is C13H20BrN3. The third-order valence-corrected chi connectivity index (χ3v) is 4.35. The van der Waals surface area contributed by atoms with Crippen LogP contribution in [0.2, 0.25) is 0 Å². The predicted molar refractivity (Wildman–Crippen MR) is 77.3 cm³/mol. The fourth-order valence-electron chi connectivity index (χ4n) is 2.32. The van der Waals surface area contributed by atoms with Gasteiger partial charge in [-0.05, 0) is 51.6 Å². The van der Waals surface area contributed by atoms with E-state index in [4.69, 9.17) is 5.73 Å². The highest BCUT2D eigenvalue weighted by Gasteiger charge is 2.38. The molecule has 0 aromatic heterocycles. The number of likely N-dealkylation sites (N-methyl/N-ethyl adjacent to an activating group) is 1. The average molecular weight is 298 g/mol. The standard InChI is InChI=1S/C13H20BrN3/c1-17(2)13(6-3-7-13)9-16-12-5-4-10(14)8-11(12)15/h4-5,8,16H,3,6-7,9,15H2,1-2H3. The molecule has 4 heteroatoms. The maximum absolute atomic E-state index is 5.98. The van der Waals surface area contributed by atoms with Crippen LogP contribution in [0.4, 0.5) is 11.4 Å². The zero-order chi connectivity index (χ0) is 12.5. The second kappa shape index (κ2) is 4.86. The van der Waals surface area contributed by atoms with Gasteiger partial charge >= 0.3 is 0 Å². The van der Waals surface area contributed by atoms with Crippen LogP contribution in [-0.2, 0) is 0 Å². The first-order valence-electron chi connectivity index (χ1n) is 6.00. The van der Waals surface area contributed by atoms with Gasteiger partial charge in [-0.25, -0.2) is 0 Å². The highest BCUT2D eigenvalue weighted by molar-refractivity contribution is 9.10. The van der Waals surface area contributed by atoms with E-state index < -0.39 is 0 Å². The molecule has 3 N–H and O–H groups in total. The van der Waals surface area contributed by atoms with Crippen LogP contribution in [0.25, 0.3) is 0 Å². The summed E-state index contributed by atoms with van der Waals surface area (Å²) < 4.78 is 1.02. The zero-order valence-corrected chi connectivity index (χ0v) is 12.0. The molecule has 0 aliphatic heterocycles. The molecule has 0 saturated heterocycles. The summed E-state index contributed by atoms with van der Waals surface area (Å²) in [4.78, 5) is 2.33. The van der Waals surface area contributed by atoms with Gasteiger partial charge < -0.3 is 16.0 Å². The molecular weight excluding hydrogens is 278 g/mol. The molecule has 1 aliphatic rings. The predicted octanol–water partition coefficient (Wildman–Crippen LogP) is 2.93. The number of nitrogens with zero attached hydrogens (tertiary/aromatic N) is 1. The van der Waals surface area contributed by atoms with Crippen LogP contribution in [0.3, 0.4) is 0 Å². The van der Waals surface area contributed by atoms with Crippen molar-refractivity contribution in [3.8, 4) is 0 Å². The van der Waals surface area contributed by atoms with Crippen LogP contribution in [-0.4, -0.2) is 31.1 Å². The lowest BCUT2D eigenvalue weighted by atomic mass is 9.75. The van der Waals surface area contributed by atoms with Crippen LogP contribution in [0.15, 0.2) is 22.7 Å². The topological polar surface area (TPSA) is 41.3 Å². The van der Waals surface area contributed by atoms with Crippen molar-refractivity contribution in [3.63, 3.8) is 0 Å². The zero-order valence-electron chi connectivity index (χ0n) is 10.5. The first kappa shape index (κ1) is 12.7. The Morgan fingerprint density at radius 3 is 2.59 bits per heavy atom. The van der Waals surface area contributed by atoms with Crippen molar-refractivity contribution in [1.82, 2.24) is 4.90 Å². The molecule has 1 aliphatic carbocycles. The molecule has 1 saturated carbocycles. The monoisotopic (exact) mass is 297 g/mol. The highest BCUT2D eigenvalue weighted by Crippen LogP contribution is 2.36. The summed E-state index contributed by atoms with van der Waals surface area (Å²) in [7, 11) is 4.32. The van der Waals surface area contributed by atoms with Crippen molar-refractivity contribution < 1.29 is 0 Å². The smallest absolute Gasteiger partial charge is 0.0575 e. The maximum atomic E-state index is 5.98. The minimum Gasteiger partial charge on any atom is -0.397 e. The largest absolute Gasteiger partial charge is 0.397 e. The van der Waals surface area contributed by atoms with Crippen molar-refractivity contribution >= 4 is 27.3 Å². The van der Waals surface area contributed by atoms with E-state index in [2.05, 4.69) is 40.2 Å². The number of anilines is 2. The van der Waals surface area contributed by atoms with Gasteiger partial charge in [-0.3, -0.25) is 0 Å². The summed E-state index contributed by atoms with van der Waals surface area (Å²) in [5.74, 6) is 0. The number of benzene rings is 1. The molecule has 0 amide bonds. The van der Waals surface area contributed by atoms with Gasteiger partial charge in [-0.2, -0.15) is 0 Å². The molecule has 0 spiro atoms. The lowest BCUT2D eigenvalue weighted by molar-refractivity contribution is 0.0739. The van der Waals surface area contributed by atoms with E-state index in [1.807, 2.05) is 18.2 Å². The van der Waals surface area contributed by atoms with Crippen molar-refractivity contribution in [2.75, 3.05) is 31.7 Å². The van der Waals surface area contributed by atoms with Gasteiger partial charge in [0, 0.05) is 16.6 Å². The van der Waals surface area contributed by atoms with Crippen LogP contribution >= 0.6 is 15.9 Å². The van der Waals surface area contributed by atoms with E-state index in [-0.39, 0.29) is 0 Å². The number of nitrogens with two attached hydrogens (primary N) is 1. The molecule has 1 aromatic carbocycles. The molecule has 94 valence electrons. The fourth-order valence-corrected chi connectivity index (χ4v) is 2.70. The van der Waals surface area contributed by atoms with Crippen molar-refractivity contribution in [1.29, 1.82) is 0 Å². The molecule has 3 nitrogen and oxygen atoms in total. The Hall–Kier alpha value is -0.740. The number of hydrogen-bond donors (Lipinski definition) is 2. The molecule has 17 heavy (non-hydrogen) atoms. The Kier molecular flexibility index (Phi) is 3.64. The average Bonchev–Trinajstić information content (AvgIpc) is 2.18. The lowest BCUT2D eigenvalue weighted by Crippen LogP contribution is -2.54. The summed E-state index contributed by atoms with van der Waals surface area (Å²) in [6.07, 6.45) is 3.86. The summed E-state index contributed by atoms with van der Waals surface area (Å²) >= 11 is 3.42. The Morgan fingerprint density at radius 1 is 1.41 bits per heavy atom. The van der Waals surface area contributed by atoms with E-state index in [0.717, 1.165) is 22.4 Å². The third-order valence-electron chi connectivity index (χ3n) is 3.85. The number of nitrogens with one attached hydrogen (secondary N) is 1. The van der Waals surface area contributed by atoms with Gasteiger partial charge in [0.05, 0.1) is 11.4 Å². The van der Waals surface area contributed by atoms with Gasteiger partial charge in [-0.1, -0.05) is 15.9 Å². The van der Waals surface area contributed by atoms with E-state index in [1.165, 1.54) is 19.3 Å². The third kappa shape index (κ3) is 2.58. The number of nitrogen functional groups attached to an aromatic ring is 1. The fraction of sp³-hybridized carbons (Fsp3) is 0.538. The summed E-state index contributed by atoms with van der Waals surface area (Å²) in [5, 5.41) is 3.48. The first-order chi connectivity index (χ1) is 8.03. The molecule has 1 aromatic rings. The van der Waals surface area contributed by atoms with Crippen molar-refractivity contribution in [2.45, 2.75) is 24.8 Å². The number of rotatable bonds is 4. The molecule has 0 bridgehead atoms. The molecule has 0 heterocycles. The van der Waals surface area contributed by atoms with E-state index in [1.54, 1.807) is 0 Å². The van der Waals surface area contributed by atoms with Crippen molar-refractivity contribution in [2.24, 2.45) is 0 Å². The Labute approximate surface area is 111 Å². The van der Waals surface area contributed by atoms with Crippen LogP contribution in [0.1, 0.15) is 19.3 Å². The van der Waals surface area contributed by atoms with E-state index >= 15 is 0 Å². The minimum atomic E-state index is 0.319. The first-order valence-corrected chi connectivity index (χ1v) is 6.79. The minimum absolute atomic E-state index is 0.319. The number of hydrogen-bond acceptors (Lipinski definition) is 3. The highest BCUT2D eigenvalue weighted by atomic mass is 79.9. The van der Waals surface area contributed by atoms with Gasteiger partial charge in [0.25, 0.3) is 0 Å². The van der Waals surface area contributed by atoms with Gasteiger partial charge in [0.2, 0.25) is 0 Å². The summed E-state index contributed by atoms with van der Waals surface area (Å²) in [5.41, 5.74) is 8.13. The normalized spacial score (nSPS) is 17.9. The summed E-state index contributed by atoms with van der Waals surface area (Å²) in [6.45, 7) is 0.964. The van der Waals surface area contributed by atoms with Crippen molar-refractivity contribution in [3.05, 3.63) is 22.7 Å². The Morgan fingerprint density at radius 2 is 2.12 bits per heavy atom. The second-order valence-electron chi connectivity index (χ2n) is 5.06. The van der Waals surface area contributed by atoms with E-state index in [9.17, 15) is 0 Å². The molecule has 2 rings (SSSR count). The molecule has 1 fully saturated rings. The molecule has 0 atom stereocenters. The maximum Gasteiger partial charge on any atom is 0.0575 e.